The number of imidazole rings is 1. The average molecular weight is 358 g/mol. The van der Waals surface area contributed by atoms with Gasteiger partial charge in [-0.3, -0.25) is 9.69 Å². The zero-order valence-electron chi connectivity index (χ0n) is 16.0. The molecule has 0 unspecified atom stereocenters. The number of amides is 1. The van der Waals surface area contributed by atoms with Gasteiger partial charge >= 0.3 is 0 Å². The number of aromatic nitrogens is 2. The molecular weight excluding hydrogens is 326 g/mol. The van der Waals surface area contributed by atoms with Crippen LogP contribution in [0.3, 0.4) is 0 Å². The first-order chi connectivity index (χ1) is 12.6. The van der Waals surface area contributed by atoms with E-state index >= 15 is 0 Å². The minimum atomic E-state index is 0.191. The molecule has 1 aromatic heterocycles. The summed E-state index contributed by atoms with van der Waals surface area (Å²) in [5, 5.41) is 3.00. The summed E-state index contributed by atoms with van der Waals surface area (Å²) in [6.45, 7) is 4.69. The van der Waals surface area contributed by atoms with Crippen LogP contribution in [0.15, 0.2) is 24.3 Å². The summed E-state index contributed by atoms with van der Waals surface area (Å²) >= 11 is 0. The van der Waals surface area contributed by atoms with Crippen LogP contribution in [0.2, 0.25) is 0 Å². The van der Waals surface area contributed by atoms with Gasteiger partial charge in [-0.15, -0.1) is 0 Å². The van der Waals surface area contributed by atoms with Gasteiger partial charge in [-0.25, -0.2) is 4.98 Å². The number of carbonyl (C=O) groups is 1. The monoisotopic (exact) mass is 357 g/mol. The highest BCUT2D eigenvalue weighted by molar-refractivity contribution is 5.75. The number of aromatic amines is 1. The Morgan fingerprint density at radius 3 is 2.81 bits per heavy atom. The number of likely N-dealkylation sites (tertiary alicyclic amines) is 1. The maximum absolute atomic E-state index is 11.9. The lowest BCUT2D eigenvalue weighted by Crippen LogP contribution is -2.34. The largest absolute Gasteiger partial charge is 0.355 e. The van der Waals surface area contributed by atoms with Gasteiger partial charge in [-0.1, -0.05) is 12.1 Å². The third-order valence-corrected chi connectivity index (χ3v) is 5.18. The maximum atomic E-state index is 11.9. The first-order valence-electron chi connectivity index (χ1n) is 9.67. The van der Waals surface area contributed by atoms with E-state index < -0.39 is 0 Å². The molecule has 2 N–H and O–H groups in total. The number of nitrogens with one attached hydrogen (secondary N) is 2. The van der Waals surface area contributed by atoms with Crippen LogP contribution in [0.25, 0.3) is 11.0 Å². The minimum Gasteiger partial charge on any atom is -0.355 e. The van der Waals surface area contributed by atoms with E-state index in [1.54, 1.807) is 0 Å². The molecule has 2 aromatic rings. The van der Waals surface area contributed by atoms with Gasteiger partial charge in [0.2, 0.25) is 5.91 Å². The number of nitrogens with zero attached hydrogens (tertiary/aromatic N) is 3. The smallest absolute Gasteiger partial charge is 0.220 e. The maximum Gasteiger partial charge on any atom is 0.220 e. The molecule has 0 spiro atoms. The summed E-state index contributed by atoms with van der Waals surface area (Å²) in [6.07, 6.45) is 4.00. The summed E-state index contributed by atoms with van der Waals surface area (Å²) in [6, 6.07) is 8.17. The molecule has 3 rings (SSSR count). The lowest BCUT2D eigenvalue weighted by atomic mass is 9.92. The number of para-hydroxylation sites is 2. The Bertz CT molecular complexity index is 670. The van der Waals surface area contributed by atoms with Crippen LogP contribution in [0.5, 0.6) is 0 Å². The second-order valence-electron chi connectivity index (χ2n) is 7.61. The number of rotatable bonds is 8. The van der Waals surface area contributed by atoms with E-state index in [1.165, 1.54) is 12.8 Å². The number of carbonyl (C=O) groups excluding carboxylic acids is 1. The zero-order valence-corrected chi connectivity index (χ0v) is 16.0. The Hall–Kier alpha value is -1.92. The lowest BCUT2D eigenvalue weighted by Gasteiger charge is -2.31. The van der Waals surface area contributed by atoms with Crippen molar-refractivity contribution in [2.75, 3.05) is 40.3 Å². The lowest BCUT2D eigenvalue weighted by molar-refractivity contribution is -0.121. The number of hydrogen-bond donors (Lipinski definition) is 2. The summed E-state index contributed by atoms with van der Waals surface area (Å²) in [4.78, 5) is 24.5. The normalized spacial score (nSPS) is 16.4. The van der Waals surface area contributed by atoms with E-state index in [4.69, 9.17) is 0 Å². The first kappa shape index (κ1) is 18.9. The van der Waals surface area contributed by atoms with Crippen LogP contribution in [0.1, 0.15) is 31.5 Å². The molecule has 142 valence electrons. The Kier molecular flexibility index (Phi) is 6.63. The van der Waals surface area contributed by atoms with Crippen molar-refractivity contribution in [1.29, 1.82) is 0 Å². The fourth-order valence-electron chi connectivity index (χ4n) is 3.57. The number of likely N-dealkylation sites (N-methyl/N-ethyl adjacent to an activating group) is 1. The standard InChI is InChI=1S/C20H31N5O/c1-24(2)14-11-21-20(26)8-7-16-9-12-25(13-10-16)15-19-22-17-5-3-4-6-18(17)23-19/h3-6,16H,7-15H2,1-2H3,(H,21,26)(H,22,23). The molecule has 26 heavy (non-hydrogen) atoms. The highest BCUT2D eigenvalue weighted by Crippen LogP contribution is 2.23. The predicted octanol–water partition coefficient (Wildman–Crippen LogP) is 2.23. The first-order valence-corrected chi connectivity index (χ1v) is 9.67. The summed E-state index contributed by atoms with van der Waals surface area (Å²) in [5.41, 5.74) is 2.15. The minimum absolute atomic E-state index is 0.191. The second-order valence-corrected chi connectivity index (χ2v) is 7.61. The van der Waals surface area contributed by atoms with Crippen LogP contribution >= 0.6 is 0 Å². The number of fused-ring (bicyclic) bond motifs is 1. The summed E-state index contributed by atoms with van der Waals surface area (Å²) < 4.78 is 0. The number of H-pyrrole nitrogens is 1. The van der Waals surface area contributed by atoms with Gasteiger partial charge in [0.15, 0.2) is 0 Å². The number of piperidine rings is 1. The number of hydrogen-bond acceptors (Lipinski definition) is 4. The summed E-state index contributed by atoms with van der Waals surface area (Å²) in [7, 11) is 4.04. The molecule has 0 bridgehead atoms. The molecule has 0 atom stereocenters. The van der Waals surface area contributed by atoms with E-state index in [1.807, 2.05) is 32.3 Å². The van der Waals surface area contributed by atoms with Crippen molar-refractivity contribution in [2.24, 2.45) is 5.92 Å². The van der Waals surface area contributed by atoms with Gasteiger partial charge in [0.05, 0.1) is 17.6 Å². The molecule has 1 aromatic carbocycles. The van der Waals surface area contributed by atoms with Crippen molar-refractivity contribution < 1.29 is 4.79 Å². The van der Waals surface area contributed by atoms with E-state index in [0.29, 0.717) is 12.3 Å². The third-order valence-electron chi connectivity index (χ3n) is 5.18. The van der Waals surface area contributed by atoms with Crippen molar-refractivity contribution in [3.8, 4) is 0 Å². The van der Waals surface area contributed by atoms with E-state index in [9.17, 15) is 4.79 Å². The van der Waals surface area contributed by atoms with Gasteiger partial charge in [-0.2, -0.15) is 0 Å². The Labute approximate surface area is 156 Å². The fourth-order valence-corrected chi connectivity index (χ4v) is 3.57. The van der Waals surface area contributed by atoms with Gasteiger partial charge in [0, 0.05) is 19.5 Å². The molecule has 1 saturated heterocycles. The molecular formula is C20H31N5O. The van der Waals surface area contributed by atoms with E-state index in [-0.39, 0.29) is 5.91 Å². The molecule has 0 aliphatic carbocycles. The average Bonchev–Trinajstić information content (AvgIpc) is 3.03. The number of benzene rings is 1. The third kappa shape index (κ3) is 5.54. The predicted molar refractivity (Wildman–Crippen MR) is 105 cm³/mol. The molecule has 0 saturated carbocycles. The van der Waals surface area contributed by atoms with Crippen LogP contribution in [-0.2, 0) is 11.3 Å². The SMILES string of the molecule is CN(C)CCNC(=O)CCC1CCN(Cc2nc3ccccc3[nH]2)CC1. The van der Waals surface area contributed by atoms with Crippen LogP contribution < -0.4 is 5.32 Å². The highest BCUT2D eigenvalue weighted by Gasteiger charge is 2.20. The van der Waals surface area contributed by atoms with Crippen molar-refractivity contribution in [3.63, 3.8) is 0 Å². The van der Waals surface area contributed by atoms with Crippen LogP contribution in [0.4, 0.5) is 0 Å². The highest BCUT2D eigenvalue weighted by atomic mass is 16.1. The van der Waals surface area contributed by atoms with Crippen molar-refractivity contribution in [1.82, 2.24) is 25.1 Å². The van der Waals surface area contributed by atoms with Gasteiger partial charge in [0.25, 0.3) is 0 Å². The second kappa shape index (κ2) is 9.14. The van der Waals surface area contributed by atoms with E-state index in [0.717, 1.165) is 56.0 Å². The van der Waals surface area contributed by atoms with Crippen molar-refractivity contribution in [3.05, 3.63) is 30.1 Å². The zero-order chi connectivity index (χ0) is 18.4. The van der Waals surface area contributed by atoms with Gasteiger partial charge in [-0.05, 0) is 64.5 Å². The Morgan fingerprint density at radius 2 is 2.08 bits per heavy atom. The van der Waals surface area contributed by atoms with Crippen LogP contribution in [0, 0.1) is 5.92 Å². The molecule has 1 fully saturated rings. The molecule has 1 amide bonds. The van der Waals surface area contributed by atoms with Crippen molar-refractivity contribution >= 4 is 16.9 Å². The molecule has 1 aliphatic heterocycles. The molecule has 1 aliphatic rings. The van der Waals surface area contributed by atoms with Crippen molar-refractivity contribution in [2.45, 2.75) is 32.2 Å². The molecule has 6 nitrogen and oxygen atoms in total. The van der Waals surface area contributed by atoms with Crippen LogP contribution in [-0.4, -0.2) is 65.9 Å². The quantitative estimate of drug-likeness (QED) is 0.760. The van der Waals surface area contributed by atoms with Gasteiger partial charge < -0.3 is 15.2 Å². The topological polar surface area (TPSA) is 64.3 Å². The summed E-state index contributed by atoms with van der Waals surface area (Å²) in [5.74, 6) is 1.91. The molecule has 6 heteroatoms. The van der Waals surface area contributed by atoms with E-state index in [2.05, 4.69) is 31.2 Å². The molecule has 0 radical (unpaired) electrons. The molecule has 2 heterocycles. The Morgan fingerprint density at radius 1 is 1.31 bits per heavy atom. The Balaban J connectivity index is 1.35. The fraction of sp³-hybridized carbons (Fsp3) is 0.600. The van der Waals surface area contributed by atoms with Gasteiger partial charge in [0.1, 0.15) is 5.82 Å².